The number of hydrogen-bond donors (Lipinski definition) is 2. The van der Waals surface area contributed by atoms with Gasteiger partial charge in [-0.15, -0.1) is 0 Å². The topological polar surface area (TPSA) is 88.9 Å². The first-order valence-corrected chi connectivity index (χ1v) is 11.0. The summed E-state index contributed by atoms with van der Waals surface area (Å²) in [7, 11) is 0. The van der Waals surface area contributed by atoms with Gasteiger partial charge in [0.15, 0.2) is 5.65 Å². The SMILES string of the molecule is CCn1ncc2c(C(=O)NCC(=O)Nc3ccc(Br)cc3C)cc(-c3ccccc3)nc21. The number of nitrogens with one attached hydrogen (secondary N) is 2. The molecule has 0 radical (unpaired) electrons. The summed E-state index contributed by atoms with van der Waals surface area (Å²) in [5.41, 5.74) is 4.27. The van der Waals surface area contributed by atoms with Crippen LogP contribution in [0.1, 0.15) is 22.8 Å². The highest BCUT2D eigenvalue weighted by Gasteiger charge is 2.18. The third-order valence-corrected chi connectivity index (χ3v) is 5.59. The summed E-state index contributed by atoms with van der Waals surface area (Å²) in [4.78, 5) is 30.2. The van der Waals surface area contributed by atoms with Gasteiger partial charge in [-0.2, -0.15) is 5.10 Å². The predicted octanol–water partition coefficient (Wildman–Crippen LogP) is 4.56. The Balaban J connectivity index is 1.57. The van der Waals surface area contributed by atoms with Gasteiger partial charge in [0.1, 0.15) is 0 Å². The Morgan fingerprint density at radius 3 is 2.59 bits per heavy atom. The highest BCUT2D eigenvalue weighted by molar-refractivity contribution is 9.10. The molecule has 162 valence electrons. The lowest BCUT2D eigenvalue weighted by Crippen LogP contribution is -2.33. The average molecular weight is 492 g/mol. The number of hydrogen-bond acceptors (Lipinski definition) is 4. The zero-order chi connectivity index (χ0) is 22.7. The Morgan fingerprint density at radius 1 is 1.09 bits per heavy atom. The first-order valence-electron chi connectivity index (χ1n) is 10.2. The smallest absolute Gasteiger partial charge is 0.252 e. The molecule has 2 heterocycles. The number of pyridine rings is 1. The van der Waals surface area contributed by atoms with Crippen molar-refractivity contribution in [2.45, 2.75) is 20.4 Å². The van der Waals surface area contributed by atoms with Crippen LogP contribution in [-0.4, -0.2) is 33.1 Å². The third kappa shape index (κ3) is 4.55. The van der Waals surface area contributed by atoms with E-state index in [0.717, 1.165) is 15.6 Å². The Morgan fingerprint density at radius 2 is 1.88 bits per heavy atom. The van der Waals surface area contributed by atoms with Crippen molar-refractivity contribution in [3.63, 3.8) is 0 Å². The second-order valence-electron chi connectivity index (χ2n) is 7.31. The van der Waals surface area contributed by atoms with Crippen LogP contribution in [0.15, 0.2) is 65.3 Å². The maximum absolute atomic E-state index is 13.0. The van der Waals surface area contributed by atoms with E-state index in [1.807, 2.05) is 62.4 Å². The normalized spacial score (nSPS) is 10.8. The van der Waals surface area contributed by atoms with E-state index in [9.17, 15) is 9.59 Å². The largest absolute Gasteiger partial charge is 0.343 e. The number of nitrogens with zero attached hydrogens (tertiary/aromatic N) is 3. The monoisotopic (exact) mass is 491 g/mol. The Labute approximate surface area is 194 Å². The number of rotatable bonds is 6. The van der Waals surface area contributed by atoms with E-state index in [1.165, 1.54) is 0 Å². The van der Waals surface area contributed by atoms with Gasteiger partial charge in [-0.25, -0.2) is 9.67 Å². The Bertz CT molecular complexity index is 1300. The molecule has 0 bridgehead atoms. The van der Waals surface area contributed by atoms with Crippen LogP contribution in [0.3, 0.4) is 0 Å². The lowest BCUT2D eigenvalue weighted by Gasteiger charge is -2.11. The number of fused-ring (bicyclic) bond motifs is 1. The molecule has 0 aliphatic rings. The van der Waals surface area contributed by atoms with E-state index in [1.54, 1.807) is 16.9 Å². The molecule has 0 atom stereocenters. The fraction of sp³-hybridized carbons (Fsp3) is 0.167. The van der Waals surface area contributed by atoms with E-state index in [0.29, 0.717) is 34.5 Å². The average Bonchev–Trinajstić information content (AvgIpc) is 3.22. The molecular weight excluding hydrogens is 470 g/mol. The number of aryl methyl sites for hydroxylation is 2. The highest BCUT2D eigenvalue weighted by atomic mass is 79.9. The van der Waals surface area contributed by atoms with Gasteiger partial charge >= 0.3 is 0 Å². The fourth-order valence-electron chi connectivity index (χ4n) is 3.44. The molecule has 0 fully saturated rings. The molecule has 0 saturated heterocycles. The minimum absolute atomic E-state index is 0.152. The molecule has 4 rings (SSSR count). The summed E-state index contributed by atoms with van der Waals surface area (Å²) in [5, 5.41) is 10.5. The van der Waals surface area contributed by atoms with Crippen LogP contribution in [0.2, 0.25) is 0 Å². The van der Waals surface area contributed by atoms with Crippen molar-refractivity contribution >= 4 is 44.5 Å². The first-order chi connectivity index (χ1) is 15.5. The summed E-state index contributed by atoms with van der Waals surface area (Å²) in [6, 6.07) is 17.0. The minimum atomic E-state index is -0.354. The van der Waals surface area contributed by atoms with Crippen molar-refractivity contribution in [2.75, 3.05) is 11.9 Å². The predicted molar refractivity (Wildman–Crippen MR) is 128 cm³/mol. The van der Waals surface area contributed by atoms with Crippen molar-refractivity contribution in [3.8, 4) is 11.3 Å². The van der Waals surface area contributed by atoms with Crippen molar-refractivity contribution in [1.29, 1.82) is 0 Å². The molecular formula is C24H22BrN5O2. The number of carbonyl (C=O) groups excluding carboxylic acids is 2. The van der Waals surface area contributed by atoms with Gasteiger partial charge in [0, 0.05) is 22.3 Å². The summed E-state index contributed by atoms with van der Waals surface area (Å²) in [6.45, 7) is 4.35. The van der Waals surface area contributed by atoms with Crippen LogP contribution in [0, 0.1) is 6.92 Å². The summed E-state index contributed by atoms with van der Waals surface area (Å²) in [5.74, 6) is -0.658. The van der Waals surface area contributed by atoms with E-state index in [2.05, 4.69) is 31.7 Å². The Kier molecular flexibility index (Phi) is 6.32. The van der Waals surface area contributed by atoms with Crippen LogP contribution >= 0.6 is 15.9 Å². The van der Waals surface area contributed by atoms with E-state index in [-0.39, 0.29) is 18.4 Å². The van der Waals surface area contributed by atoms with Crippen LogP contribution < -0.4 is 10.6 Å². The zero-order valence-corrected chi connectivity index (χ0v) is 19.3. The second-order valence-corrected chi connectivity index (χ2v) is 8.22. The number of aromatic nitrogens is 3. The van der Waals surface area contributed by atoms with E-state index < -0.39 is 0 Å². The van der Waals surface area contributed by atoms with Crippen molar-refractivity contribution in [1.82, 2.24) is 20.1 Å². The number of amides is 2. The molecule has 2 aromatic carbocycles. The molecule has 0 saturated carbocycles. The van der Waals surface area contributed by atoms with Crippen molar-refractivity contribution < 1.29 is 9.59 Å². The van der Waals surface area contributed by atoms with Crippen LogP contribution in [0.5, 0.6) is 0 Å². The molecule has 4 aromatic rings. The van der Waals surface area contributed by atoms with Crippen LogP contribution in [-0.2, 0) is 11.3 Å². The molecule has 32 heavy (non-hydrogen) atoms. The first kappa shape index (κ1) is 21.7. The standard InChI is InChI=1S/C24H22BrN5O2/c1-3-30-23-19(13-27-30)18(12-21(29-23)16-7-5-4-6-8-16)24(32)26-14-22(31)28-20-10-9-17(25)11-15(20)2/h4-13H,3,14H2,1-2H3,(H,26,32)(H,28,31). The molecule has 7 nitrogen and oxygen atoms in total. The van der Waals surface area contributed by atoms with Gasteiger partial charge in [0.05, 0.1) is 29.4 Å². The minimum Gasteiger partial charge on any atom is -0.343 e. The number of anilines is 1. The zero-order valence-electron chi connectivity index (χ0n) is 17.7. The molecule has 0 unspecified atom stereocenters. The maximum Gasteiger partial charge on any atom is 0.252 e. The maximum atomic E-state index is 13.0. The third-order valence-electron chi connectivity index (χ3n) is 5.09. The molecule has 2 aromatic heterocycles. The quantitative estimate of drug-likeness (QED) is 0.413. The van der Waals surface area contributed by atoms with Gasteiger partial charge in [-0.3, -0.25) is 9.59 Å². The number of halogens is 1. The van der Waals surface area contributed by atoms with Gasteiger partial charge in [0.2, 0.25) is 5.91 Å². The lowest BCUT2D eigenvalue weighted by atomic mass is 10.1. The molecule has 0 spiro atoms. The lowest BCUT2D eigenvalue weighted by molar-refractivity contribution is -0.115. The van der Waals surface area contributed by atoms with Crippen LogP contribution in [0.25, 0.3) is 22.3 Å². The van der Waals surface area contributed by atoms with Crippen LogP contribution in [0.4, 0.5) is 5.69 Å². The van der Waals surface area contributed by atoms with Gasteiger partial charge in [-0.1, -0.05) is 46.3 Å². The summed E-state index contributed by atoms with van der Waals surface area (Å²) < 4.78 is 2.69. The number of benzene rings is 2. The van der Waals surface area contributed by atoms with Crippen molar-refractivity contribution in [3.05, 3.63) is 76.4 Å². The molecule has 8 heteroatoms. The Hall–Kier alpha value is -3.52. The summed E-state index contributed by atoms with van der Waals surface area (Å²) >= 11 is 3.41. The number of carbonyl (C=O) groups is 2. The molecule has 2 amide bonds. The van der Waals surface area contributed by atoms with Gasteiger partial charge in [-0.05, 0) is 43.7 Å². The molecule has 0 aliphatic heterocycles. The molecule has 0 aliphatic carbocycles. The van der Waals surface area contributed by atoms with Crippen molar-refractivity contribution in [2.24, 2.45) is 0 Å². The second kappa shape index (κ2) is 9.32. The van der Waals surface area contributed by atoms with E-state index in [4.69, 9.17) is 4.98 Å². The van der Waals surface area contributed by atoms with E-state index >= 15 is 0 Å². The molecule has 2 N–H and O–H groups in total. The van der Waals surface area contributed by atoms with Gasteiger partial charge in [0.25, 0.3) is 5.91 Å². The highest BCUT2D eigenvalue weighted by Crippen LogP contribution is 2.25. The summed E-state index contributed by atoms with van der Waals surface area (Å²) in [6.07, 6.45) is 1.64. The van der Waals surface area contributed by atoms with Gasteiger partial charge < -0.3 is 10.6 Å². The fourth-order valence-corrected chi connectivity index (χ4v) is 3.92.